The molecule has 0 bridgehead atoms. The second kappa shape index (κ2) is 10.8. The Kier molecular flexibility index (Phi) is 7.04. The molecule has 3 heterocycles. The van der Waals surface area contributed by atoms with Crippen molar-refractivity contribution in [2.24, 2.45) is 0 Å². The quantitative estimate of drug-likeness (QED) is 0.166. The number of anilines is 1. The number of H-pyrrole nitrogens is 2. The second-order valence-corrected chi connectivity index (χ2v) is 12.1. The Hall–Kier alpha value is -4.89. The fourth-order valence-electron chi connectivity index (χ4n) is 5.21. The summed E-state index contributed by atoms with van der Waals surface area (Å²) in [6.45, 7) is 6.39. The molecule has 0 aliphatic rings. The lowest BCUT2D eigenvalue weighted by atomic mass is 9.87. The monoisotopic (exact) mass is 577 g/mol. The van der Waals surface area contributed by atoms with Crippen LogP contribution >= 0.6 is 11.3 Å². The van der Waals surface area contributed by atoms with E-state index in [0.717, 1.165) is 37.9 Å². The molecule has 3 aromatic heterocycles. The molecule has 8 nitrogen and oxygen atoms in total. The summed E-state index contributed by atoms with van der Waals surface area (Å²) in [5.41, 5.74) is 5.30. The molecule has 1 atom stereocenters. The van der Waals surface area contributed by atoms with Gasteiger partial charge in [0.15, 0.2) is 5.65 Å². The van der Waals surface area contributed by atoms with Crippen LogP contribution in [0, 0.1) is 0 Å². The Labute approximate surface area is 246 Å². The number of nitrogens with zero attached hydrogens (tertiary/aromatic N) is 1. The zero-order valence-electron chi connectivity index (χ0n) is 23.7. The van der Waals surface area contributed by atoms with Gasteiger partial charge in [-0.15, -0.1) is 11.3 Å². The molecule has 0 aliphatic heterocycles. The van der Waals surface area contributed by atoms with Crippen molar-refractivity contribution < 1.29 is 9.53 Å². The first-order chi connectivity index (χ1) is 20.2. The number of hydrogen-bond donors (Lipinski definition) is 4. The molecule has 6 rings (SSSR count). The Balaban J connectivity index is 1.39. The summed E-state index contributed by atoms with van der Waals surface area (Å²) in [6, 6.07) is 23.3. The van der Waals surface area contributed by atoms with Gasteiger partial charge < -0.3 is 20.4 Å². The lowest BCUT2D eigenvalue weighted by molar-refractivity contribution is 0.250. The Morgan fingerprint density at radius 2 is 1.79 bits per heavy atom. The van der Waals surface area contributed by atoms with Gasteiger partial charge in [0.25, 0.3) is 0 Å². The Morgan fingerprint density at radius 1 is 0.976 bits per heavy atom. The molecule has 0 aliphatic carbocycles. The maximum atomic E-state index is 13.6. The molecule has 2 amide bonds. The van der Waals surface area contributed by atoms with Crippen molar-refractivity contribution in [3.8, 4) is 16.9 Å². The zero-order chi connectivity index (χ0) is 29.4. The third-order valence-corrected chi connectivity index (χ3v) is 8.30. The van der Waals surface area contributed by atoms with Gasteiger partial charge in [0.05, 0.1) is 24.4 Å². The van der Waals surface area contributed by atoms with Crippen LogP contribution in [0.15, 0.2) is 89.2 Å². The van der Waals surface area contributed by atoms with Gasteiger partial charge >= 0.3 is 11.7 Å². The lowest BCUT2D eigenvalue weighted by Gasteiger charge is -2.23. The summed E-state index contributed by atoms with van der Waals surface area (Å²) < 4.78 is 5.55. The molecule has 3 aromatic carbocycles. The number of ether oxygens (including phenoxy) is 1. The number of aromatic amines is 2. The summed E-state index contributed by atoms with van der Waals surface area (Å²) >= 11 is 1.59. The van der Waals surface area contributed by atoms with E-state index in [1.54, 1.807) is 24.6 Å². The van der Waals surface area contributed by atoms with Crippen molar-refractivity contribution in [1.29, 1.82) is 0 Å². The number of thiophene rings is 1. The third-order valence-electron chi connectivity index (χ3n) is 7.36. The standard InChI is InChI=1S/C33H31N5O3S/c1-33(2,3)20-11-14-27(41-4)25(17-20)35-31(39)37-29(28-10-7-15-42-28)24-13-12-21(22-8-5-6-9-23(22)24)19-16-26-30(34-18-19)38-32(40)36-26/h5-18,29H,1-4H3,(H2,35,37,39)(H2,34,36,38,40). The Morgan fingerprint density at radius 3 is 2.52 bits per heavy atom. The molecule has 9 heteroatoms. The van der Waals surface area contributed by atoms with E-state index >= 15 is 0 Å². The third kappa shape index (κ3) is 5.26. The van der Waals surface area contributed by atoms with E-state index in [-0.39, 0.29) is 17.1 Å². The average Bonchev–Trinajstić information content (AvgIpc) is 3.64. The van der Waals surface area contributed by atoms with Crippen LogP contribution in [0.5, 0.6) is 5.75 Å². The van der Waals surface area contributed by atoms with Gasteiger partial charge in [-0.3, -0.25) is 4.98 Å². The molecule has 6 aromatic rings. The fraction of sp³-hybridized carbons (Fsp3) is 0.182. The first-order valence-electron chi connectivity index (χ1n) is 13.6. The van der Waals surface area contributed by atoms with Crippen LogP contribution in [0.2, 0.25) is 0 Å². The van der Waals surface area contributed by atoms with Crippen LogP contribution in [0.25, 0.3) is 33.1 Å². The molecule has 0 fully saturated rings. The summed E-state index contributed by atoms with van der Waals surface area (Å²) in [4.78, 5) is 36.3. The number of rotatable bonds is 6. The Bertz CT molecular complexity index is 1970. The van der Waals surface area contributed by atoms with E-state index in [1.807, 2.05) is 66.0 Å². The van der Waals surface area contributed by atoms with Gasteiger partial charge in [-0.1, -0.05) is 69.3 Å². The number of fused-ring (bicyclic) bond motifs is 2. The highest BCUT2D eigenvalue weighted by molar-refractivity contribution is 7.10. The number of urea groups is 1. The van der Waals surface area contributed by atoms with Gasteiger partial charge in [0, 0.05) is 16.6 Å². The number of methoxy groups -OCH3 is 1. The number of pyridine rings is 1. The normalized spacial score (nSPS) is 12.4. The van der Waals surface area contributed by atoms with Gasteiger partial charge in [-0.2, -0.15) is 0 Å². The molecular weight excluding hydrogens is 546 g/mol. The number of aromatic nitrogens is 3. The topological polar surface area (TPSA) is 112 Å². The molecule has 0 saturated carbocycles. The minimum atomic E-state index is -0.401. The molecule has 42 heavy (non-hydrogen) atoms. The van der Waals surface area contributed by atoms with E-state index in [1.165, 1.54) is 0 Å². The number of carbonyl (C=O) groups is 1. The van der Waals surface area contributed by atoms with Crippen molar-refractivity contribution >= 4 is 45.0 Å². The molecule has 0 spiro atoms. The number of hydrogen-bond acceptors (Lipinski definition) is 5. The van der Waals surface area contributed by atoms with Crippen molar-refractivity contribution in [2.75, 3.05) is 12.4 Å². The largest absolute Gasteiger partial charge is 0.495 e. The van der Waals surface area contributed by atoms with Gasteiger partial charge in [0.2, 0.25) is 0 Å². The van der Waals surface area contributed by atoms with Gasteiger partial charge in [-0.25, -0.2) is 14.6 Å². The number of benzene rings is 3. The van der Waals surface area contributed by atoms with Gasteiger partial charge in [0.1, 0.15) is 5.75 Å². The van der Waals surface area contributed by atoms with Crippen molar-refractivity contribution in [1.82, 2.24) is 20.3 Å². The number of imidazole rings is 1. The summed E-state index contributed by atoms with van der Waals surface area (Å²) in [7, 11) is 1.60. The van der Waals surface area contributed by atoms with Crippen LogP contribution in [0.1, 0.15) is 42.8 Å². The van der Waals surface area contributed by atoms with Crippen LogP contribution in [0.4, 0.5) is 10.5 Å². The smallest absolute Gasteiger partial charge is 0.325 e. The first kappa shape index (κ1) is 27.3. The van der Waals surface area contributed by atoms with Crippen molar-refractivity contribution in [3.05, 3.63) is 111 Å². The number of amides is 2. The van der Waals surface area contributed by atoms with Crippen molar-refractivity contribution in [2.45, 2.75) is 32.2 Å². The predicted molar refractivity (Wildman–Crippen MR) is 170 cm³/mol. The average molecular weight is 578 g/mol. The summed E-state index contributed by atoms with van der Waals surface area (Å²) in [5.74, 6) is 0.593. The molecular formula is C33H31N5O3S. The molecule has 212 valence electrons. The minimum absolute atomic E-state index is 0.0875. The van der Waals surface area contributed by atoms with E-state index in [2.05, 4.69) is 58.5 Å². The molecule has 0 radical (unpaired) electrons. The first-order valence-corrected chi connectivity index (χ1v) is 14.5. The van der Waals surface area contributed by atoms with Crippen LogP contribution < -0.4 is 21.1 Å². The lowest BCUT2D eigenvalue weighted by Crippen LogP contribution is -2.33. The number of nitrogens with one attached hydrogen (secondary N) is 4. The number of carbonyl (C=O) groups excluding carboxylic acids is 1. The van der Waals surface area contributed by atoms with Crippen LogP contribution in [-0.2, 0) is 5.41 Å². The van der Waals surface area contributed by atoms with Gasteiger partial charge in [-0.05, 0) is 62.5 Å². The summed E-state index contributed by atoms with van der Waals surface area (Å²) in [5, 5.41) is 10.3. The SMILES string of the molecule is COc1ccc(C(C)(C)C)cc1NC(=O)NC(c1cccs1)c1ccc(-c2cnc3[nH]c(=O)[nH]c3c2)c2ccccc12. The van der Waals surface area contributed by atoms with E-state index in [4.69, 9.17) is 4.74 Å². The molecule has 1 unspecified atom stereocenters. The van der Waals surface area contributed by atoms with Crippen LogP contribution in [0.3, 0.4) is 0 Å². The zero-order valence-corrected chi connectivity index (χ0v) is 24.6. The molecule has 0 saturated heterocycles. The van der Waals surface area contributed by atoms with E-state index < -0.39 is 6.04 Å². The maximum Gasteiger partial charge on any atom is 0.325 e. The van der Waals surface area contributed by atoms with E-state index in [9.17, 15) is 9.59 Å². The maximum absolute atomic E-state index is 13.6. The highest BCUT2D eigenvalue weighted by Gasteiger charge is 2.23. The fourth-order valence-corrected chi connectivity index (χ4v) is 6.01. The minimum Gasteiger partial charge on any atom is -0.495 e. The van der Waals surface area contributed by atoms with E-state index in [0.29, 0.717) is 22.6 Å². The highest BCUT2D eigenvalue weighted by Crippen LogP contribution is 2.37. The summed E-state index contributed by atoms with van der Waals surface area (Å²) in [6.07, 6.45) is 1.76. The highest BCUT2D eigenvalue weighted by atomic mass is 32.1. The second-order valence-electron chi connectivity index (χ2n) is 11.2. The van der Waals surface area contributed by atoms with Crippen LogP contribution in [-0.4, -0.2) is 28.1 Å². The predicted octanol–water partition coefficient (Wildman–Crippen LogP) is 7.35. The van der Waals surface area contributed by atoms with Crippen molar-refractivity contribution in [3.63, 3.8) is 0 Å². The molecule has 4 N–H and O–H groups in total.